The molecule has 17 heavy (non-hydrogen) atoms. The molecule has 0 aliphatic heterocycles. The second-order valence-corrected chi connectivity index (χ2v) is 5.61. The minimum absolute atomic E-state index is 0.234. The number of ether oxygens (including phenoxy) is 1. The van der Waals surface area contributed by atoms with Gasteiger partial charge in [0.1, 0.15) is 5.75 Å². The van der Waals surface area contributed by atoms with Gasteiger partial charge in [0.2, 0.25) is 0 Å². The number of rotatable bonds is 7. The molecule has 0 fully saturated rings. The quantitative estimate of drug-likeness (QED) is 0.813. The lowest BCUT2D eigenvalue weighted by Gasteiger charge is -2.08. The van der Waals surface area contributed by atoms with E-state index in [0.717, 1.165) is 29.9 Å². The summed E-state index contributed by atoms with van der Waals surface area (Å²) in [6.07, 6.45) is 2.82. The van der Waals surface area contributed by atoms with Gasteiger partial charge in [-0.15, -0.1) is 0 Å². The molecule has 96 valence electrons. The SMILES string of the molecule is CCC(N)CCCS(=O)c1cccc(OC)c1. The average Bonchev–Trinajstić information content (AvgIpc) is 2.38. The van der Waals surface area contributed by atoms with Crippen molar-refractivity contribution >= 4 is 10.8 Å². The normalized spacial score (nSPS) is 14.3. The van der Waals surface area contributed by atoms with Crippen LogP contribution < -0.4 is 10.5 Å². The zero-order valence-electron chi connectivity index (χ0n) is 10.5. The maximum absolute atomic E-state index is 12.0. The first-order chi connectivity index (χ1) is 8.17. The molecule has 0 radical (unpaired) electrons. The van der Waals surface area contributed by atoms with E-state index >= 15 is 0 Å². The largest absolute Gasteiger partial charge is 0.497 e. The summed E-state index contributed by atoms with van der Waals surface area (Å²) >= 11 is 0. The van der Waals surface area contributed by atoms with E-state index in [-0.39, 0.29) is 6.04 Å². The van der Waals surface area contributed by atoms with E-state index in [2.05, 4.69) is 6.92 Å². The molecular weight excluding hydrogens is 234 g/mol. The number of methoxy groups -OCH3 is 1. The predicted octanol–water partition coefficient (Wildman–Crippen LogP) is 2.32. The number of nitrogens with two attached hydrogens (primary N) is 1. The van der Waals surface area contributed by atoms with Crippen molar-refractivity contribution in [2.24, 2.45) is 5.73 Å². The van der Waals surface area contributed by atoms with Crippen molar-refractivity contribution in [3.05, 3.63) is 24.3 Å². The zero-order valence-corrected chi connectivity index (χ0v) is 11.3. The first kappa shape index (κ1) is 14.2. The van der Waals surface area contributed by atoms with Crippen LogP contribution in [0.3, 0.4) is 0 Å². The molecule has 4 heteroatoms. The lowest BCUT2D eigenvalue weighted by molar-refractivity contribution is 0.413. The van der Waals surface area contributed by atoms with Gasteiger partial charge in [0, 0.05) is 16.7 Å². The van der Waals surface area contributed by atoms with Crippen molar-refractivity contribution in [2.75, 3.05) is 12.9 Å². The van der Waals surface area contributed by atoms with Crippen LogP contribution in [0.4, 0.5) is 0 Å². The molecule has 1 rings (SSSR count). The highest BCUT2D eigenvalue weighted by Gasteiger charge is 2.06. The number of benzene rings is 1. The van der Waals surface area contributed by atoms with Gasteiger partial charge in [-0.3, -0.25) is 4.21 Å². The van der Waals surface area contributed by atoms with Crippen LogP contribution in [0.25, 0.3) is 0 Å². The van der Waals surface area contributed by atoms with Gasteiger partial charge in [0.05, 0.1) is 17.9 Å². The van der Waals surface area contributed by atoms with E-state index < -0.39 is 10.8 Å². The van der Waals surface area contributed by atoms with Crippen molar-refractivity contribution in [1.29, 1.82) is 0 Å². The molecule has 0 aliphatic rings. The Morgan fingerprint density at radius 2 is 2.24 bits per heavy atom. The molecule has 0 aromatic heterocycles. The molecule has 0 bridgehead atoms. The second kappa shape index (κ2) is 7.45. The molecule has 1 aromatic carbocycles. The first-order valence-corrected chi connectivity index (χ1v) is 7.27. The topological polar surface area (TPSA) is 52.3 Å². The van der Waals surface area contributed by atoms with Crippen molar-refractivity contribution in [2.45, 2.75) is 37.1 Å². The monoisotopic (exact) mass is 255 g/mol. The summed E-state index contributed by atoms with van der Waals surface area (Å²) in [5.41, 5.74) is 5.82. The summed E-state index contributed by atoms with van der Waals surface area (Å²) in [4.78, 5) is 0.828. The highest BCUT2D eigenvalue weighted by Crippen LogP contribution is 2.16. The molecule has 0 aliphatic carbocycles. The van der Waals surface area contributed by atoms with Gasteiger partial charge in [-0.05, 0) is 37.5 Å². The van der Waals surface area contributed by atoms with E-state index in [4.69, 9.17) is 10.5 Å². The summed E-state index contributed by atoms with van der Waals surface area (Å²) < 4.78 is 17.1. The third-order valence-corrected chi connectivity index (χ3v) is 4.17. The van der Waals surface area contributed by atoms with Crippen molar-refractivity contribution in [3.63, 3.8) is 0 Å². The second-order valence-electron chi connectivity index (χ2n) is 4.04. The Bertz CT molecular complexity index is 368. The first-order valence-electron chi connectivity index (χ1n) is 5.95. The van der Waals surface area contributed by atoms with Crippen molar-refractivity contribution < 1.29 is 8.95 Å². The lowest BCUT2D eigenvalue weighted by Crippen LogP contribution is -2.19. The van der Waals surface area contributed by atoms with Crippen LogP contribution in [-0.2, 0) is 10.8 Å². The van der Waals surface area contributed by atoms with Crippen molar-refractivity contribution in [1.82, 2.24) is 0 Å². The smallest absolute Gasteiger partial charge is 0.120 e. The van der Waals surface area contributed by atoms with Crippen LogP contribution in [0, 0.1) is 0 Å². The van der Waals surface area contributed by atoms with Crippen LogP contribution in [0.2, 0.25) is 0 Å². The van der Waals surface area contributed by atoms with Crippen LogP contribution in [-0.4, -0.2) is 23.1 Å². The zero-order chi connectivity index (χ0) is 12.7. The molecule has 2 unspecified atom stereocenters. The minimum atomic E-state index is -0.949. The number of hydrogen-bond donors (Lipinski definition) is 1. The van der Waals surface area contributed by atoms with Gasteiger partial charge in [-0.1, -0.05) is 13.0 Å². The Morgan fingerprint density at radius 1 is 1.47 bits per heavy atom. The van der Waals surface area contributed by atoms with Gasteiger partial charge in [-0.2, -0.15) is 0 Å². The summed E-state index contributed by atoms with van der Waals surface area (Å²) in [5.74, 6) is 1.42. The van der Waals surface area contributed by atoms with E-state index in [1.54, 1.807) is 7.11 Å². The van der Waals surface area contributed by atoms with Crippen molar-refractivity contribution in [3.8, 4) is 5.75 Å². The predicted molar refractivity (Wildman–Crippen MR) is 71.8 cm³/mol. The maximum atomic E-state index is 12.0. The van der Waals surface area contributed by atoms with Crippen LogP contribution in [0.5, 0.6) is 5.75 Å². The summed E-state index contributed by atoms with van der Waals surface area (Å²) in [6, 6.07) is 7.66. The highest BCUT2D eigenvalue weighted by atomic mass is 32.2. The molecule has 2 atom stereocenters. The van der Waals surface area contributed by atoms with E-state index in [9.17, 15) is 4.21 Å². The molecule has 0 saturated heterocycles. The third-order valence-electron chi connectivity index (χ3n) is 2.73. The fourth-order valence-electron chi connectivity index (χ4n) is 1.54. The highest BCUT2D eigenvalue weighted by molar-refractivity contribution is 7.85. The molecule has 3 nitrogen and oxygen atoms in total. The molecule has 0 amide bonds. The van der Waals surface area contributed by atoms with E-state index in [1.165, 1.54) is 0 Å². The Hall–Kier alpha value is -0.870. The van der Waals surface area contributed by atoms with E-state index in [1.807, 2.05) is 24.3 Å². The van der Waals surface area contributed by atoms with Gasteiger partial charge >= 0.3 is 0 Å². The molecule has 0 saturated carbocycles. The average molecular weight is 255 g/mol. The Balaban J connectivity index is 2.46. The molecule has 0 spiro atoms. The standard InChI is InChI=1S/C13H21NO2S/c1-3-11(14)6-5-9-17(15)13-8-4-7-12(10-13)16-2/h4,7-8,10-11H,3,5-6,9,14H2,1-2H3. The van der Waals surface area contributed by atoms with Crippen LogP contribution in [0.1, 0.15) is 26.2 Å². The maximum Gasteiger partial charge on any atom is 0.120 e. The van der Waals surface area contributed by atoms with Gasteiger partial charge < -0.3 is 10.5 Å². The molecule has 1 aromatic rings. The Kier molecular flexibility index (Phi) is 6.22. The summed E-state index contributed by atoms with van der Waals surface area (Å²) in [6.45, 7) is 2.07. The lowest BCUT2D eigenvalue weighted by atomic mass is 10.1. The summed E-state index contributed by atoms with van der Waals surface area (Å²) in [5, 5.41) is 0. The fraction of sp³-hybridized carbons (Fsp3) is 0.538. The summed E-state index contributed by atoms with van der Waals surface area (Å²) in [7, 11) is 0.664. The van der Waals surface area contributed by atoms with Gasteiger partial charge in [0.15, 0.2) is 0 Å². The van der Waals surface area contributed by atoms with Gasteiger partial charge in [-0.25, -0.2) is 0 Å². The minimum Gasteiger partial charge on any atom is -0.497 e. The molecule has 2 N–H and O–H groups in total. The fourth-order valence-corrected chi connectivity index (χ4v) is 2.68. The third kappa shape index (κ3) is 4.88. The molecule has 0 heterocycles. The van der Waals surface area contributed by atoms with Crippen LogP contribution >= 0.6 is 0 Å². The Labute approximate surface area is 106 Å². The Morgan fingerprint density at radius 3 is 2.88 bits per heavy atom. The van der Waals surface area contributed by atoms with Crippen LogP contribution in [0.15, 0.2) is 29.2 Å². The number of hydrogen-bond acceptors (Lipinski definition) is 3. The van der Waals surface area contributed by atoms with E-state index in [0.29, 0.717) is 5.75 Å². The molecular formula is C13H21NO2S. The van der Waals surface area contributed by atoms with Gasteiger partial charge in [0.25, 0.3) is 0 Å².